The monoisotopic (exact) mass is 277 g/mol. The number of ether oxygens (including phenoxy) is 1. The molecule has 0 aliphatic rings. The van der Waals surface area contributed by atoms with Crippen LogP contribution in [-0.4, -0.2) is 48.9 Å². The van der Waals surface area contributed by atoms with Crippen molar-refractivity contribution in [1.82, 2.24) is 5.32 Å². The van der Waals surface area contributed by atoms with E-state index in [1.165, 1.54) is 6.08 Å². The summed E-state index contributed by atoms with van der Waals surface area (Å²) in [5, 5.41) is 2.61. The minimum Gasteiger partial charge on any atom is -0.377 e. The third-order valence-electron chi connectivity index (χ3n) is 2.46. The van der Waals surface area contributed by atoms with Gasteiger partial charge in [0.25, 0.3) is 0 Å². The first-order valence-electron chi connectivity index (χ1n) is 5.73. The van der Waals surface area contributed by atoms with Gasteiger partial charge in [-0.2, -0.15) is 0 Å². The number of rotatable bonds is 10. The average Bonchev–Trinajstić information content (AvgIpc) is 2.39. The highest BCUT2D eigenvalue weighted by Gasteiger charge is 2.36. The molecule has 0 saturated heterocycles. The first kappa shape index (κ1) is 17.3. The van der Waals surface area contributed by atoms with Crippen molar-refractivity contribution in [2.45, 2.75) is 25.6 Å². The van der Waals surface area contributed by atoms with Crippen LogP contribution in [0.3, 0.4) is 0 Å². The van der Waals surface area contributed by atoms with Crippen LogP contribution >= 0.6 is 0 Å². The van der Waals surface area contributed by atoms with Crippen LogP contribution in [0, 0.1) is 0 Å². The van der Waals surface area contributed by atoms with E-state index in [2.05, 4.69) is 11.9 Å². The van der Waals surface area contributed by atoms with E-state index >= 15 is 0 Å². The lowest BCUT2D eigenvalue weighted by atomic mass is 10.5. The summed E-state index contributed by atoms with van der Waals surface area (Å²) in [5.74, 6) is -0.253. The molecule has 6 nitrogen and oxygen atoms in total. The summed E-state index contributed by atoms with van der Waals surface area (Å²) < 4.78 is 21.3. The topological polar surface area (TPSA) is 66.0 Å². The zero-order valence-corrected chi connectivity index (χ0v) is 12.5. The average molecular weight is 277 g/mol. The molecule has 106 valence electrons. The van der Waals surface area contributed by atoms with E-state index in [0.29, 0.717) is 12.7 Å². The normalized spacial score (nSPS) is 13.1. The third kappa shape index (κ3) is 6.27. The molecule has 0 aliphatic heterocycles. The van der Waals surface area contributed by atoms with Crippen LogP contribution < -0.4 is 5.32 Å². The molecule has 0 rings (SSSR count). The van der Waals surface area contributed by atoms with Crippen LogP contribution in [0.5, 0.6) is 0 Å². The molecule has 0 aliphatic carbocycles. The fourth-order valence-corrected chi connectivity index (χ4v) is 3.10. The zero-order chi connectivity index (χ0) is 14.0. The van der Waals surface area contributed by atoms with Gasteiger partial charge in [-0.15, -0.1) is 0 Å². The highest BCUT2D eigenvalue weighted by Crippen LogP contribution is 2.14. The molecule has 0 aromatic rings. The number of nitrogens with one attached hydrogen (secondary N) is 1. The van der Waals surface area contributed by atoms with Gasteiger partial charge in [0.15, 0.2) is 0 Å². The molecule has 0 radical (unpaired) electrons. The van der Waals surface area contributed by atoms with E-state index in [9.17, 15) is 4.79 Å². The molecule has 0 aromatic heterocycles. The van der Waals surface area contributed by atoms with Crippen molar-refractivity contribution in [1.29, 1.82) is 0 Å². The number of carbonyl (C=O) groups excluding carboxylic acids is 1. The molecule has 0 aromatic carbocycles. The molecule has 1 amide bonds. The molecule has 1 N–H and O–H groups in total. The van der Waals surface area contributed by atoms with Crippen molar-refractivity contribution in [3.8, 4) is 0 Å². The zero-order valence-electron chi connectivity index (χ0n) is 11.5. The highest BCUT2D eigenvalue weighted by molar-refractivity contribution is 6.60. The van der Waals surface area contributed by atoms with E-state index in [1.54, 1.807) is 28.3 Å². The summed E-state index contributed by atoms with van der Waals surface area (Å²) in [7, 11) is 2.22. The third-order valence-corrected chi connectivity index (χ3v) is 5.29. The summed E-state index contributed by atoms with van der Waals surface area (Å²) in [6, 6.07) is 0.665. The molecule has 0 bridgehead atoms. The second kappa shape index (κ2) is 9.23. The fourth-order valence-electron chi connectivity index (χ4n) is 1.41. The Hall–Kier alpha value is -0.733. The predicted octanol–water partition coefficient (Wildman–Crippen LogP) is 0.919. The Kier molecular flexibility index (Phi) is 8.85. The van der Waals surface area contributed by atoms with Gasteiger partial charge >= 0.3 is 8.80 Å². The summed E-state index contributed by atoms with van der Waals surface area (Å²) in [4.78, 5) is 11.0. The number of carbonyl (C=O) groups is 1. The smallest absolute Gasteiger partial charge is 0.377 e. The lowest BCUT2D eigenvalue weighted by Gasteiger charge is -2.24. The maximum absolute atomic E-state index is 11.0. The second-order valence-electron chi connectivity index (χ2n) is 3.62. The Labute approximate surface area is 110 Å². The van der Waals surface area contributed by atoms with Gasteiger partial charge in [0.1, 0.15) is 6.23 Å². The Morgan fingerprint density at radius 1 is 1.33 bits per heavy atom. The Morgan fingerprint density at radius 3 is 2.33 bits per heavy atom. The van der Waals surface area contributed by atoms with Crippen LogP contribution in [0.2, 0.25) is 6.04 Å². The quantitative estimate of drug-likeness (QED) is 0.278. The molecule has 18 heavy (non-hydrogen) atoms. The molecule has 7 heteroatoms. The van der Waals surface area contributed by atoms with Gasteiger partial charge in [-0.25, -0.2) is 0 Å². The predicted molar refractivity (Wildman–Crippen MR) is 70.0 cm³/mol. The Balaban J connectivity index is 3.84. The van der Waals surface area contributed by atoms with E-state index in [1.807, 2.05) is 0 Å². The van der Waals surface area contributed by atoms with E-state index in [-0.39, 0.29) is 12.1 Å². The van der Waals surface area contributed by atoms with E-state index in [4.69, 9.17) is 18.0 Å². The minimum atomic E-state index is -2.51. The van der Waals surface area contributed by atoms with Crippen molar-refractivity contribution < 1.29 is 22.8 Å². The molecule has 0 heterocycles. The summed E-state index contributed by atoms with van der Waals surface area (Å²) in [6.07, 6.45) is 1.59. The fraction of sp³-hybridized carbons (Fsp3) is 0.727. The van der Waals surface area contributed by atoms with E-state index in [0.717, 1.165) is 6.42 Å². The molecule has 0 spiro atoms. The maximum Gasteiger partial charge on any atom is 0.500 e. The molecule has 1 unspecified atom stereocenters. The first-order chi connectivity index (χ1) is 8.53. The van der Waals surface area contributed by atoms with Gasteiger partial charge in [0.05, 0.1) is 0 Å². The molecule has 0 saturated carbocycles. The summed E-state index contributed by atoms with van der Waals surface area (Å²) in [5.41, 5.74) is 0. The van der Waals surface area contributed by atoms with Crippen molar-refractivity contribution >= 4 is 14.7 Å². The van der Waals surface area contributed by atoms with Gasteiger partial charge in [-0.3, -0.25) is 4.79 Å². The standard InChI is InChI=1S/C11H23NO5Si/c1-6-11(13)12-10(2)17-8-7-9-18(14-3,15-4)16-5/h6,10H,1,7-9H2,2-5H3,(H,12,13). The lowest BCUT2D eigenvalue weighted by molar-refractivity contribution is -0.120. The van der Waals surface area contributed by atoms with Gasteiger partial charge in [-0.05, 0) is 19.4 Å². The lowest BCUT2D eigenvalue weighted by Crippen LogP contribution is -2.43. The highest BCUT2D eigenvalue weighted by atomic mass is 28.4. The SMILES string of the molecule is C=CC(=O)NC(C)OCCC[Si](OC)(OC)OC. The van der Waals surface area contributed by atoms with Crippen LogP contribution in [-0.2, 0) is 22.8 Å². The minimum absolute atomic E-state index is 0.253. The van der Waals surface area contributed by atoms with Crippen LogP contribution in [0.15, 0.2) is 12.7 Å². The molecule has 1 atom stereocenters. The van der Waals surface area contributed by atoms with Gasteiger partial charge in [0, 0.05) is 34.0 Å². The summed E-state index contributed by atoms with van der Waals surface area (Å²) >= 11 is 0. The molecular formula is C11H23NO5Si. The number of amides is 1. The van der Waals surface area contributed by atoms with Crippen molar-refractivity contribution in [2.75, 3.05) is 27.9 Å². The van der Waals surface area contributed by atoms with Crippen LogP contribution in [0.4, 0.5) is 0 Å². The van der Waals surface area contributed by atoms with E-state index < -0.39 is 8.80 Å². The number of hydrogen-bond acceptors (Lipinski definition) is 5. The summed E-state index contributed by atoms with van der Waals surface area (Å²) in [6.45, 7) is 5.61. The Morgan fingerprint density at radius 2 is 1.89 bits per heavy atom. The van der Waals surface area contributed by atoms with Crippen molar-refractivity contribution in [2.24, 2.45) is 0 Å². The van der Waals surface area contributed by atoms with Crippen LogP contribution in [0.25, 0.3) is 0 Å². The van der Waals surface area contributed by atoms with Gasteiger partial charge in [0.2, 0.25) is 5.91 Å². The number of hydrogen-bond donors (Lipinski definition) is 1. The Bertz CT molecular complexity index is 250. The van der Waals surface area contributed by atoms with Gasteiger partial charge in [-0.1, -0.05) is 6.58 Å². The first-order valence-corrected chi connectivity index (χ1v) is 7.66. The second-order valence-corrected chi connectivity index (χ2v) is 6.72. The van der Waals surface area contributed by atoms with Crippen molar-refractivity contribution in [3.63, 3.8) is 0 Å². The van der Waals surface area contributed by atoms with Gasteiger partial charge < -0.3 is 23.3 Å². The molecule has 0 fully saturated rings. The van der Waals surface area contributed by atoms with Crippen molar-refractivity contribution in [3.05, 3.63) is 12.7 Å². The maximum atomic E-state index is 11.0. The van der Waals surface area contributed by atoms with Crippen LogP contribution in [0.1, 0.15) is 13.3 Å². The molecular weight excluding hydrogens is 254 g/mol. The largest absolute Gasteiger partial charge is 0.500 e.